The summed E-state index contributed by atoms with van der Waals surface area (Å²) in [6.07, 6.45) is 4.87. The number of aromatic amines is 1. The van der Waals surface area contributed by atoms with Gasteiger partial charge in [-0.2, -0.15) is 0 Å². The number of benzene rings is 2. The fraction of sp³-hybridized carbons (Fsp3) is 0.417. The van der Waals surface area contributed by atoms with E-state index < -0.39 is 0 Å². The summed E-state index contributed by atoms with van der Waals surface area (Å²) >= 11 is 0. The van der Waals surface area contributed by atoms with E-state index in [2.05, 4.69) is 69.8 Å². The number of para-hydroxylation sites is 1. The number of aromatic nitrogens is 1. The SMILES string of the molecule is c1ccc2[nH]c(-c3ccc(N4CCC(N[C@@H]5CCCOC5)CC4)cc3)cc2c1. The zero-order valence-electron chi connectivity index (χ0n) is 16.4. The first-order valence-electron chi connectivity index (χ1n) is 10.6. The van der Waals surface area contributed by atoms with Crippen molar-refractivity contribution in [3.63, 3.8) is 0 Å². The maximum Gasteiger partial charge on any atom is 0.0619 e. The van der Waals surface area contributed by atoms with E-state index in [0.717, 1.165) is 26.3 Å². The van der Waals surface area contributed by atoms with Gasteiger partial charge in [-0.1, -0.05) is 30.3 Å². The molecule has 0 unspecified atom stereocenters. The van der Waals surface area contributed by atoms with Gasteiger partial charge in [-0.05, 0) is 55.5 Å². The molecular formula is C24H29N3O. The Bertz CT molecular complexity index is 870. The molecule has 3 aromatic rings. The summed E-state index contributed by atoms with van der Waals surface area (Å²) in [5.41, 5.74) is 4.96. The molecule has 0 aliphatic carbocycles. The molecule has 2 aromatic carbocycles. The van der Waals surface area contributed by atoms with Crippen LogP contribution in [-0.4, -0.2) is 43.4 Å². The van der Waals surface area contributed by atoms with Crippen molar-refractivity contribution in [3.05, 3.63) is 54.6 Å². The van der Waals surface area contributed by atoms with Crippen LogP contribution in [0.5, 0.6) is 0 Å². The summed E-state index contributed by atoms with van der Waals surface area (Å²) in [6.45, 7) is 4.06. The highest BCUT2D eigenvalue weighted by molar-refractivity contribution is 5.85. The van der Waals surface area contributed by atoms with Crippen LogP contribution in [0.2, 0.25) is 0 Å². The van der Waals surface area contributed by atoms with E-state index in [-0.39, 0.29) is 0 Å². The topological polar surface area (TPSA) is 40.3 Å². The quantitative estimate of drug-likeness (QED) is 0.702. The Balaban J connectivity index is 1.20. The number of anilines is 1. The first-order chi connectivity index (χ1) is 13.8. The van der Waals surface area contributed by atoms with Gasteiger partial charge in [0.25, 0.3) is 0 Å². The average Bonchev–Trinajstić information content (AvgIpc) is 3.20. The van der Waals surface area contributed by atoms with Gasteiger partial charge in [0.2, 0.25) is 0 Å². The van der Waals surface area contributed by atoms with Crippen LogP contribution in [0.25, 0.3) is 22.2 Å². The molecule has 28 heavy (non-hydrogen) atoms. The lowest BCUT2D eigenvalue weighted by molar-refractivity contribution is 0.0650. The fourth-order valence-corrected chi connectivity index (χ4v) is 4.59. The molecular weight excluding hydrogens is 346 g/mol. The van der Waals surface area contributed by atoms with Gasteiger partial charge in [0.05, 0.1) is 6.61 Å². The van der Waals surface area contributed by atoms with Gasteiger partial charge in [0.1, 0.15) is 0 Å². The van der Waals surface area contributed by atoms with E-state index in [1.807, 2.05) is 0 Å². The van der Waals surface area contributed by atoms with Gasteiger partial charge in [0.15, 0.2) is 0 Å². The lowest BCUT2D eigenvalue weighted by Crippen LogP contribution is -2.48. The number of hydrogen-bond acceptors (Lipinski definition) is 3. The molecule has 0 saturated carbocycles. The van der Waals surface area contributed by atoms with Crippen molar-refractivity contribution in [2.24, 2.45) is 0 Å². The third kappa shape index (κ3) is 3.80. The van der Waals surface area contributed by atoms with Crippen LogP contribution in [0.4, 0.5) is 5.69 Å². The number of piperidine rings is 1. The van der Waals surface area contributed by atoms with Crippen molar-refractivity contribution < 1.29 is 4.74 Å². The Labute approximate surface area is 166 Å². The zero-order chi connectivity index (χ0) is 18.8. The first kappa shape index (κ1) is 17.8. The molecule has 5 rings (SSSR count). The minimum absolute atomic E-state index is 0.556. The lowest BCUT2D eigenvalue weighted by Gasteiger charge is -2.36. The van der Waals surface area contributed by atoms with Crippen molar-refractivity contribution in [1.29, 1.82) is 0 Å². The molecule has 0 radical (unpaired) electrons. The smallest absolute Gasteiger partial charge is 0.0619 e. The third-order valence-electron chi connectivity index (χ3n) is 6.20. The number of ether oxygens (including phenoxy) is 1. The Morgan fingerprint density at radius 2 is 1.75 bits per heavy atom. The third-order valence-corrected chi connectivity index (χ3v) is 6.20. The van der Waals surface area contributed by atoms with Crippen molar-refractivity contribution in [2.45, 2.75) is 37.8 Å². The number of fused-ring (bicyclic) bond motifs is 1. The summed E-state index contributed by atoms with van der Waals surface area (Å²) in [5.74, 6) is 0. The Morgan fingerprint density at radius 3 is 2.50 bits per heavy atom. The Hall–Kier alpha value is -2.30. The van der Waals surface area contributed by atoms with Crippen LogP contribution < -0.4 is 10.2 Å². The van der Waals surface area contributed by atoms with E-state index >= 15 is 0 Å². The van der Waals surface area contributed by atoms with E-state index in [1.54, 1.807) is 0 Å². The standard InChI is InChI=1S/C24H29N3O/c1-2-6-23-19(4-1)16-24(26-23)18-7-9-22(10-8-18)27-13-11-20(12-14-27)25-21-5-3-15-28-17-21/h1-2,4,6-10,16,20-21,25-26H,3,5,11-15,17H2/t21-/m1/s1. The highest BCUT2D eigenvalue weighted by atomic mass is 16.5. The molecule has 1 aromatic heterocycles. The van der Waals surface area contributed by atoms with Gasteiger partial charge in [0, 0.05) is 54.1 Å². The molecule has 2 saturated heterocycles. The number of rotatable bonds is 4. The van der Waals surface area contributed by atoms with E-state index in [4.69, 9.17) is 4.74 Å². The highest BCUT2D eigenvalue weighted by Gasteiger charge is 2.23. The van der Waals surface area contributed by atoms with Crippen LogP contribution in [0.15, 0.2) is 54.6 Å². The van der Waals surface area contributed by atoms with Crippen LogP contribution in [-0.2, 0) is 4.74 Å². The fourth-order valence-electron chi connectivity index (χ4n) is 4.59. The Morgan fingerprint density at radius 1 is 0.929 bits per heavy atom. The van der Waals surface area contributed by atoms with E-state index in [1.165, 1.54) is 53.5 Å². The molecule has 0 spiro atoms. The van der Waals surface area contributed by atoms with Crippen molar-refractivity contribution in [3.8, 4) is 11.3 Å². The van der Waals surface area contributed by atoms with E-state index in [0.29, 0.717) is 12.1 Å². The van der Waals surface area contributed by atoms with Crippen LogP contribution >= 0.6 is 0 Å². The second kappa shape index (κ2) is 7.98. The van der Waals surface area contributed by atoms with Gasteiger partial charge < -0.3 is 19.9 Å². The predicted molar refractivity (Wildman–Crippen MR) is 116 cm³/mol. The molecule has 4 heteroatoms. The molecule has 0 amide bonds. The maximum absolute atomic E-state index is 5.61. The summed E-state index contributed by atoms with van der Waals surface area (Å²) < 4.78 is 5.61. The Kier molecular flexibility index (Phi) is 5.06. The average molecular weight is 376 g/mol. The molecule has 4 nitrogen and oxygen atoms in total. The van der Waals surface area contributed by atoms with Gasteiger partial charge in [-0.15, -0.1) is 0 Å². The number of hydrogen-bond donors (Lipinski definition) is 2. The zero-order valence-corrected chi connectivity index (χ0v) is 16.4. The van der Waals surface area contributed by atoms with Crippen LogP contribution in [0, 0.1) is 0 Å². The largest absolute Gasteiger partial charge is 0.380 e. The molecule has 0 bridgehead atoms. The summed E-state index contributed by atoms with van der Waals surface area (Å²) in [6, 6.07) is 20.9. The predicted octanol–water partition coefficient (Wildman–Crippen LogP) is 4.57. The first-order valence-corrected chi connectivity index (χ1v) is 10.6. The minimum atomic E-state index is 0.556. The van der Waals surface area contributed by atoms with Crippen LogP contribution in [0.3, 0.4) is 0 Å². The van der Waals surface area contributed by atoms with Crippen LogP contribution in [0.1, 0.15) is 25.7 Å². The molecule has 3 heterocycles. The monoisotopic (exact) mass is 375 g/mol. The second-order valence-electron chi connectivity index (χ2n) is 8.16. The molecule has 146 valence electrons. The molecule has 2 aliphatic rings. The molecule has 2 fully saturated rings. The number of nitrogens with zero attached hydrogens (tertiary/aromatic N) is 1. The minimum Gasteiger partial charge on any atom is -0.380 e. The van der Waals surface area contributed by atoms with Gasteiger partial charge in [-0.3, -0.25) is 0 Å². The van der Waals surface area contributed by atoms with Gasteiger partial charge in [-0.25, -0.2) is 0 Å². The summed E-state index contributed by atoms with van der Waals surface area (Å²) in [5, 5.41) is 5.08. The second-order valence-corrected chi connectivity index (χ2v) is 8.16. The van der Waals surface area contributed by atoms with Crippen molar-refractivity contribution in [1.82, 2.24) is 10.3 Å². The molecule has 2 N–H and O–H groups in total. The normalized spacial score (nSPS) is 21.3. The summed E-state index contributed by atoms with van der Waals surface area (Å²) in [4.78, 5) is 6.04. The van der Waals surface area contributed by atoms with E-state index in [9.17, 15) is 0 Å². The summed E-state index contributed by atoms with van der Waals surface area (Å²) in [7, 11) is 0. The van der Waals surface area contributed by atoms with Crippen molar-refractivity contribution >= 4 is 16.6 Å². The highest BCUT2D eigenvalue weighted by Crippen LogP contribution is 2.27. The number of nitrogens with one attached hydrogen (secondary N) is 2. The van der Waals surface area contributed by atoms with Gasteiger partial charge >= 0.3 is 0 Å². The van der Waals surface area contributed by atoms with Crippen molar-refractivity contribution in [2.75, 3.05) is 31.2 Å². The number of H-pyrrole nitrogens is 1. The molecule has 2 aliphatic heterocycles. The molecule has 1 atom stereocenters. The maximum atomic E-state index is 5.61. The lowest BCUT2D eigenvalue weighted by atomic mass is 10.0.